The van der Waals surface area contributed by atoms with Crippen molar-refractivity contribution in [3.63, 3.8) is 0 Å². The number of hydrogen-bond acceptors (Lipinski definition) is 2. The minimum atomic E-state index is -0.291. The van der Waals surface area contributed by atoms with E-state index in [1.165, 1.54) is 12.1 Å². The van der Waals surface area contributed by atoms with Gasteiger partial charge in [0.15, 0.2) is 0 Å². The number of rotatable bonds is 4. The molecule has 1 aromatic carbocycles. The summed E-state index contributed by atoms with van der Waals surface area (Å²) in [6.45, 7) is 3.67. The molecule has 0 spiro atoms. The summed E-state index contributed by atoms with van der Waals surface area (Å²) in [6, 6.07) is 2.86. The van der Waals surface area contributed by atoms with Gasteiger partial charge in [0.2, 0.25) is 0 Å². The zero-order chi connectivity index (χ0) is 11.4. The van der Waals surface area contributed by atoms with E-state index in [0.717, 1.165) is 17.4 Å². The molecule has 82 valence electrons. The third-order valence-electron chi connectivity index (χ3n) is 2.45. The molecule has 0 fully saturated rings. The average molecular weight is 210 g/mol. The minimum Gasteiger partial charge on any atom is -0.496 e. The van der Waals surface area contributed by atoms with Crippen molar-refractivity contribution in [2.45, 2.75) is 26.2 Å². The van der Waals surface area contributed by atoms with Crippen LogP contribution in [0, 0.1) is 12.7 Å². The monoisotopic (exact) mass is 210 g/mol. The summed E-state index contributed by atoms with van der Waals surface area (Å²) < 4.78 is 18.4. The molecule has 0 aliphatic carbocycles. The first kappa shape index (κ1) is 11.7. The van der Waals surface area contributed by atoms with Crippen molar-refractivity contribution in [2.75, 3.05) is 7.11 Å². The van der Waals surface area contributed by atoms with E-state index >= 15 is 0 Å². The molecule has 0 bridgehead atoms. The molecule has 0 saturated heterocycles. The second kappa shape index (κ2) is 4.91. The van der Waals surface area contributed by atoms with Crippen LogP contribution in [-0.2, 0) is 4.79 Å². The normalized spacial score (nSPS) is 12.3. The Morgan fingerprint density at radius 3 is 2.73 bits per heavy atom. The fourth-order valence-corrected chi connectivity index (χ4v) is 1.67. The smallest absolute Gasteiger partial charge is 0.125 e. The number of aldehydes is 1. The van der Waals surface area contributed by atoms with Gasteiger partial charge < -0.3 is 9.53 Å². The lowest BCUT2D eigenvalue weighted by Crippen LogP contribution is -2.01. The number of aryl methyl sites for hydroxylation is 1. The van der Waals surface area contributed by atoms with Crippen molar-refractivity contribution in [1.29, 1.82) is 0 Å². The Morgan fingerprint density at radius 1 is 1.53 bits per heavy atom. The lowest BCUT2D eigenvalue weighted by Gasteiger charge is -2.15. The number of benzene rings is 1. The van der Waals surface area contributed by atoms with Crippen LogP contribution in [0.4, 0.5) is 4.39 Å². The molecule has 0 heterocycles. The molecule has 0 saturated carbocycles. The number of ether oxygens (including phenoxy) is 1. The Hall–Kier alpha value is -1.38. The molecule has 1 aromatic rings. The van der Waals surface area contributed by atoms with Crippen LogP contribution in [0.1, 0.15) is 30.4 Å². The van der Waals surface area contributed by atoms with Gasteiger partial charge in [-0.1, -0.05) is 6.92 Å². The van der Waals surface area contributed by atoms with Crippen LogP contribution in [0.25, 0.3) is 0 Å². The molecule has 1 atom stereocenters. The first-order chi connectivity index (χ1) is 7.10. The molecular weight excluding hydrogens is 195 g/mol. The maximum absolute atomic E-state index is 13.2. The summed E-state index contributed by atoms with van der Waals surface area (Å²) in [5.74, 6) is 0.360. The van der Waals surface area contributed by atoms with Gasteiger partial charge in [-0.05, 0) is 30.5 Å². The molecule has 0 aliphatic rings. The average Bonchev–Trinajstić information content (AvgIpc) is 2.17. The molecule has 0 N–H and O–H groups in total. The van der Waals surface area contributed by atoms with E-state index in [-0.39, 0.29) is 11.7 Å². The summed E-state index contributed by atoms with van der Waals surface area (Å²) in [6.07, 6.45) is 1.21. The van der Waals surface area contributed by atoms with Crippen molar-refractivity contribution >= 4 is 6.29 Å². The highest BCUT2D eigenvalue weighted by molar-refractivity contribution is 5.53. The molecule has 0 radical (unpaired) electrons. The van der Waals surface area contributed by atoms with E-state index in [2.05, 4.69) is 0 Å². The maximum Gasteiger partial charge on any atom is 0.125 e. The van der Waals surface area contributed by atoms with Crippen LogP contribution in [0.3, 0.4) is 0 Å². The van der Waals surface area contributed by atoms with Crippen LogP contribution in [0.15, 0.2) is 12.1 Å². The predicted octanol–water partition coefficient (Wildman–Crippen LogP) is 2.84. The second-order valence-electron chi connectivity index (χ2n) is 3.65. The van der Waals surface area contributed by atoms with E-state index in [9.17, 15) is 9.18 Å². The lowest BCUT2D eigenvalue weighted by molar-refractivity contribution is -0.108. The van der Waals surface area contributed by atoms with Crippen molar-refractivity contribution in [1.82, 2.24) is 0 Å². The number of carbonyl (C=O) groups excluding carboxylic acids is 1. The Balaban J connectivity index is 3.19. The molecule has 3 heteroatoms. The summed E-state index contributed by atoms with van der Waals surface area (Å²) in [4.78, 5) is 10.4. The van der Waals surface area contributed by atoms with Crippen molar-refractivity contribution in [3.05, 3.63) is 29.1 Å². The van der Waals surface area contributed by atoms with Crippen molar-refractivity contribution < 1.29 is 13.9 Å². The van der Waals surface area contributed by atoms with Crippen LogP contribution < -0.4 is 4.74 Å². The Kier molecular flexibility index (Phi) is 3.83. The molecule has 0 amide bonds. The van der Waals surface area contributed by atoms with Gasteiger partial charge in [0.1, 0.15) is 17.9 Å². The highest BCUT2D eigenvalue weighted by atomic mass is 19.1. The van der Waals surface area contributed by atoms with E-state index in [0.29, 0.717) is 12.2 Å². The van der Waals surface area contributed by atoms with E-state index in [4.69, 9.17) is 4.74 Å². The summed E-state index contributed by atoms with van der Waals surface area (Å²) in [5, 5.41) is 0. The zero-order valence-corrected chi connectivity index (χ0v) is 9.21. The predicted molar refractivity (Wildman–Crippen MR) is 56.8 cm³/mol. The fraction of sp³-hybridized carbons (Fsp3) is 0.417. The molecular formula is C12H15FO2. The van der Waals surface area contributed by atoms with E-state index < -0.39 is 0 Å². The van der Waals surface area contributed by atoms with Crippen LogP contribution in [0.2, 0.25) is 0 Å². The third kappa shape index (κ3) is 2.55. The maximum atomic E-state index is 13.2. The SMILES string of the molecule is COc1c(C)cc(F)cc1C(C)CC=O. The number of carbonyl (C=O) groups is 1. The molecule has 15 heavy (non-hydrogen) atoms. The number of hydrogen-bond donors (Lipinski definition) is 0. The van der Waals surface area contributed by atoms with Gasteiger partial charge in [-0.15, -0.1) is 0 Å². The Labute approximate surface area is 89.1 Å². The quantitative estimate of drug-likeness (QED) is 0.714. The van der Waals surface area contributed by atoms with Crippen LogP contribution in [-0.4, -0.2) is 13.4 Å². The first-order valence-electron chi connectivity index (χ1n) is 4.87. The highest BCUT2D eigenvalue weighted by Crippen LogP contribution is 2.32. The standard InChI is InChI=1S/C12H15FO2/c1-8(4-5-14)11-7-10(13)6-9(2)12(11)15-3/h5-8H,4H2,1-3H3. The topological polar surface area (TPSA) is 26.3 Å². The first-order valence-corrected chi connectivity index (χ1v) is 4.87. The number of methoxy groups -OCH3 is 1. The van der Waals surface area contributed by atoms with Gasteiger partial charge in [-0.25, -0.2) is 4.39 Å². The van der Waals surface area contributed by atoms with Gasteiger partial charge in [0, 0.05) is 12.0 Å². The van der Waals surface area contributed by atoms with Gasteiger partial charge in [0.05, 0.1) is 7.11 Å². The summed E-state index contributed by atoms with van der Waals surface area (Å²) >= 11 is 0. The summed E-state index contributed by atoms with van der Waals surface area (Å²) in [7, 11) is 1.55. The second-order valence-corrected chi connectivity index (χ2v) is 3.65. The molecule has 2 nitrogen and oxygen atoms in total. The van der Waals surface area contributed by atoms with Gasteiger partial charge in [-0.2, -0.15) is 0 Å². The molecule has 1 unspecified atom stereocenters. The van der Waals surface area contributed by atoms with Crippen LogP contribution in [0.5, 0.6) is 5.75 Å². The van der Waals surface area contributed by atoms with Crippen LogP contribution >= 0.6 is 0 Å². The fourth-order valence-electron chi connectivity index (χ4n) is 1.67. The molecule has 0 aromatic heterocycles. The van der Waals surface area contributed by atoms with Gasteiger partial charge >= 0.3 is 0 Å². The van der Waals surface area contributed by atoms with Crippen molar-refractivity contribution in [2.24, 2.45) is 0 Å². The Bertz CT molecular complexity index is 361. The molecule has 1 rings (SSSR count). The van der Waals surface area contributed by atoms with Gasteiger partial charge in [0.25, 0.3) is 0 Å². The minimum absolute atomic E-state index is 0.0214. The summed E-state index contributed by atoms with van der Waals surface area (Å²) in [5.41, 5.74) is 1.51. The van der Waals surface area contributed by atoms with E-state index in [1.54, 1.807) is 14.0 Å². The number of halogens is 1. The highest BCUT2D eigenvalue weighted by Gasteiger charge is 2.14. The van der Waals surface area contributed by atoms with Crippen molar-refractivity contribution in [3.8, 4) is 5.75 Å². The third-order valence-corrected chi connectivity index (χ3v) is 2.45. The van der Waals surface area contributed by atoms with Gasteiger partial charge in [-0.3, -0.25) is 0 Å². The van der Waals surface area contributed by atoms with E-state index in [1.807, 2.05) is 6.92 Å². The molecule has 0 aliphatic heterocycles. The lowest BCUT2D eigenvalue weighted by atomic mass is 9.95. The largest absolute Gasteiger partial charge is 0.496 e. The Morgan fingerprint density at radius 2 is 2.20 bits per heavy atom. The zero-order valence-electron chi connectivity index (χ0n) is 9.21.